The summed E-state index contributed by atoms with van der Waals surface area (Å²) < 4.78 is 1.98. The number of nitrogens with one attached hydrogen (secondary N) is 1. The van der Waals surface area contributed by atoms with Crippen molar-refractivity contribution in [2.75, 3.05) is 11.9 Å². The molecule has 0 saturated carbocycles. The van der Waals surface area contributed by atoms with E-state index in [1.807, 2.05) is 28.9 Å². The molecule has 2 aromatic rings. The third-order valence-corrected chi connectivity index (χ3v) is 3.74. The Morgan fingerprint density at radius 2 is 2.15 bits per heavy atom. The topological polar surface area (TPSA) is 53.6 Å². The van der Waals surface area contributed by atoms with Crippen molar-refractivity contribution in [2.45, 2.75) is 32.6 Å². The molecule has 1 aliphatic rings. The summed E-state index contributed by atoms with van der Waals surface area (Å²) in [5.41, 5.74) is 4.27. The largest absolute Gasteiger partial charge is 0.369 e. The zero-order chi connectivity index (χ0) is 13.9. The van der Waals surface area contributed by atoms with Gasteiger partial charge in [-0.25, -0.2) is 4.68 Å². The number of anilines is 1. The van der Waals surface area contributed by atoms with Gasteiger partial charge < -0.3 is 5.32 Å². The second kappa shape index (κ2) is 5.38. The van der Waals surface area contributed by atoms with Crippen molar-refractivity contribution in [3.8, 4) is 11.8 Å². The average molecular weight is 266 g/mol. The van der Waals surface area contributed by atoms with Crippen molar-refractivity contribution in [1.29, 1.82) is 5.26 Å². The maximum atomic E-state index is 8.87. The first-order valence-corrected chi connectivity index (χ1v) is 7.18. The molecule has 102 valence electrons. The van der Waals surface area contributed by atoms with E-state index in [0.29, 0.717) is 5.56 Å². The van der Waals surface area contributed by atoms with Crippen molar-refractivity contribution >= 4 is 5.82 Å². The van der Waals surface area contributed by atoms with Crippen LogP contribution in [0.15, 0.2) is 24.3 Å². The van der Waals surface area contributed by atoms with Gasteiger partial charge in [-0.05, 0) is 43.5 Å². The highest BCUT2D eigenvalue weighted by Crippen LogP contribution is 2.29. The van der Waals surface area contributed by atoms with Crippen LogP contribution in [0.5, 0.6) is 0 Å². The van der Waals surface area contributed by atoms with Crippen LogP contribution in [0.3, 0.4) is 0 Å². The Morgan fingerprint density at radius 1 is 1.35 bits per heavy atom. The standard InChI is InChI=1S/C16H18N4/c1-2-3-4-15-14-9-10-18-16(14)20(19-15)13-7-5-12(11-17)6-8-13/h5-8,18H,2-4,9-10H2,1H3. The van der Waals surface area contributed by atoms with Crippen LogP contribution in [0.2, 0.25) is 0 Å². The van der Waals surface area contributed by atoms with Gasteiger partial charge in [0, 0.05) is 12.1 Å². The second-order valence-electron chi connectivity index (χ2n) is 5.12. The lowest BCUT2D eigenvalue weighted by atomic mass is 10.1. The van der Waals surface area contributed by atoms with Crippen LogP contribution in [0, 0.1) is 11.3 Å². The van der Waals surface area contributed by atoms with E-state index in [1.165, 1.54) is 24.1 Å². The van der Waals surface area contributed by atoms with E-state index in [4.69, 9.17) is 10.4 Å². The minimum atomic E-state index is 0.678. The molecule has 0 radical (unpaired) electrons. The fraction of sp³-hybridized carbons (Fsp3) is 0.375. The van der Waals surface area contributed by atoms with E-state index in [1.54, 1.807) is 0 Å². The third-order valence-electron chi connectivity index (χ3n) is 3.74. The molecule has 0 fully saturated rings. The Bertz CT molecular complexity index is 646. The van der Waals surface area contributed by atoms with Gasteiger partial charge in [-0.2, -0.15) is 10.4 Å². The van der Waals surface area contributed by atoms with Crippen LogP contribution < -0.4 is 5.32 Å². The SMILES string of the molecule is CCCCc1nn(-c2ccc(C#N)cc2)c2c1CCN2. The lowest BCUT2D eigenvalue weighted by molar-refractivity contribution is 0.744. The molecule has 4 nitrogen and oxygen atoms in total. The van der Waals surface area contributed by atoms with Gasteiger partial charge in [0.25, 0.3) is 0 Å². The number of hydrogen-bond acceptors (Lipinski definition) is 3. The zero-order valence-corrected chi connectivity index (χ0v) is 11.7. The number of nitrogens with zero attached hydrogens (tertiary/aromatic N) is 3. The highest BCUT2D eigenvalue weighted by atomic mass is 15.3. The number of unbranched alkanes of at least 4 members (excludes halogenated alkanes) is 1. The van der Waals surface area contributed by atoms with Gasteiger partial charge in [0.15, 0.2) is 0 Å². The minimum absolute atomic E-state index is 0.678. The highest BCUT2D eigenvalue weighted by molar-refractivity contribution is 5.57. The molecule has 1 aromatic carbocycles. The number of aromatic nitrogens is 2. The monoisotopic (exact) mass is 266 g/mol. The van der Waals surface area contributed by atoms with Crippen LogP contribution in [-0.2, 0) is 12.8 Å². The van der Waals surface area contributed by atoms with Gasteiger partial charge in [-0.15, -0.1) is 0 Å². The van der Waals surface area contributed by atoms with Crippen molar-refractivity contribution in [3.63, 3.8) is 0 Å². The number of aryl methyl sites for hydroxylation is 1. The number of nitriles is 1. The Kier molecular flexibility index (Phi) is 3.42. The maximum absolute atomic E-state index is 8.87. The molecule has 0 saturated heterocycles. The smallest absolute Gasteiger partial charge is 0.133 e. The molecule has 0 bridgehead atoms. The summed E-state index contributed by atoms with van der Waals surface area (Å²) in [6, 6.07) is 9.73. The lowest BCUT2D eigenvalue weighted by Crippen LogP contribution is -2.05. The first-order valence-electron chi connectivity index (χ1n) is 7.18. The van der Waals surface area contributed by atoms with E-state index in [2.05, 4.69) is 18.3 Å². The number of hydrogen-bond donors (Lipinski definition) is 1. The Balaban J connectivity index is 1.98. The molecule has 4 heteroatoms. The summed E-state index contributed by atoms with van der Waals surface area (Å²) in [6.07, 6.45) is 4.47. The Hall–Kier alpha value is -2.28. The summed E-state index contributed by atoms with van der Waals surface area (Å²) in [5, 5.41) is 17.1. The van der Waals surface area contributed by atoms with Gasteiger partial charge in [0.05, 0.1) is 23.0 Å². The van der Waals surface area contributed by atoms with E-state index in [0.717, 1.165) is 30.9 Å². The molecule has 3 rings (SSSR count). The van der Waals surface area contributed by atoms with Gasteiger partial charge in [0.1, 0.15) is 5.82 Å². The van der Waals surface area contributed by atoms with Crippen molar-refractivity contribution in [1.82, 2.24) is 9.78 Å². The van der Waals surface area contributed by atoms with Crippen LogP contribution in [0.4, 0.5) is 5.82 Å². The summed E-state index contributed by atoms with van der Waals surface area (Å²) in [5.74, 6) is 1.13. The molecule has 0 unspecified atom stereocenters. The van der Waals surface area contributed by atoms with Gasteiger partial charge in [-0.3, -0.25) is 0 Å². The fourth-order valence-corrected chi connectivity index (χ4v) is 2.65. The van der Waals surface area contributed by atoms with Gasteiger partial charge in [0.2, 0.25) is 0 Å². The number of rotatable bonds is 4. The first-order chi connectivity index (χ1) is 9.83. The molecule has 0 amide bonds. The van der Waals surface area contributed by atoms with E-state index in [9.17, 15) is 0 Å². The molecule has 2 heterocycles. The summed E-state index contributed by atoms with van der Waals surface area (Å²) in [4.78, 5) is 0. The average Bonchev–Trinajstić information content (AvgIpc) is 3.08. The maximum Gasteiger partial charge on any atom is 0.133 e. The van der Waals surface area contributed by atoms with Crippen LogP contribution in [-0.4, -0.2) is 16.3 Å². The van der Waals surface area contributed by atoms with Crippen molar-refractivity contribution < 1.29 is 0 Å². The minimum Gasteiger partial charge on any atom is -0.369 e. The predicted molar refractivity (Wildman–Crippen MR) is 79.1 cm³/mol. The highest BCUT2D eigenvalue weighted by Gasteiger charge is 2.22. The van der Waals surface area contributed by atoms with E-state index in [-0.39, 0.29) is 0 Å². The number of fused-ring (bicyclic) bond motifs is 1. The quantitative estimate of drug-likeness (QED) is 0.925. The van der Waals surface area contributed by atoms with E-state index >= 15 is 0 Å². The normalized spacial score (nSPS) is 12.8. The van der Waals surface area contributed by atoms with E-state index < -0.39 is 0 Å². The third kappa shape index (κ3) is 2.16. The molecule has 0 spiro atoms. The van der Waals surface area contributed by atoms with Crippen molar-refractivity contribution in [2.24, 2.45) is 0 Å². The molecule has 0 aliphatic carbocycles. The van der Waals surface area contributed by atoms with Gasteiger partial charge in [-0.1, -0.05) is 13.3 Å². The van der Waals surface area contributed by atoms with Crippen molar-refractivity contribution in [3.05, 3.63) is 41.1 Å². The fourth-order valence-electron chi connectivity index (χ4n) is 2.65. The first kappa shape index (κ1) is 12.7. The number of benzene rings is 1. The molecule has 1 aromatic heterocycles. The molecular formula is C16H18N4. The molecule has 1 N–H and O–H groups in total. The lowest BCUT2D eigenvalue weighted by Gasteiger charge is -2.06. The second-order valence-corrected chi connectivity index (χ2v) is 5.12. The summed E-state index contributed by atoms with van der Waals surface area (Å²) >= 11 is 0. The molecule has 0 atom stereocenters. The van der Waals surface area contributed by atoms with Crippen LogP contribution >= 0.6 is 0 Å². The predicted octanol–water partition coefficient (Wildman–Crippen LogP) is 3.05. The Labute approximate surface area is 119 Å². The van der Waals surface area contributed by atoms with Crippen LogP contribution in [0.1, 0.15) is 36.6 Å². The van der Waals surface area contributed by atoms with Crippen LogP contribution in [0.25, 0.3) is 5.69 Å². The zero-order valence-electron chi connectivity index (χ0n) is 11.7. The summed E-state index contributed by atoms with van der Waals surface area (Å²) in [6.45, 7) is 3.19. The summed E-state index contributed by atoms with van der Waals surface area (Å²) in [7, 11) is 0. The molecule has 1 aliphatic heterocycles. The molecule has 20 heavy (non-hydrogen) atoms. The van der Waals surface area contributed by atoms with Gasteiger partial charge >= 0.3 is 0 Å². The Morgan fingerprint density at radius 3 is 2.85 bits per heavy atom. The molecular weight excluding hydrogens is 248 g/mol.